The van der Waals surface area contributed by atoms with E-state index >= 15 is 0 Å². The van der Waals surface area contributed by atoms with Crippen molar-refractivity contribution in [2.24, 2.45) is 0 Å². The standard InChI is InChI=1S/C51H31N3S/c1-3-13-32(14-4-1)33-23-25-35(26-24-33)45-31-44(34-15-5-2-6-16-34)53-51(54-45)37-27-28-41-46(30-37)52-49(48-42-21-11-12-22-47(42)55-50(41)48)43-29-36-17-7-8-18-38(36)39-19-9-10-20-40(39)43/h1-31H. The highest BCUT2D eigenvalue weighted by Crippen LogP contribution is 2.45. The number of thiophene rings is 1. The van der Waals surface area contributed by atoms with E-state index in [1.807, 2.05) is 23.5 Å². The molecule has 3 aromatic heterocycles. The lowest BCUT2D eigenvalue weighted by Crippen LogP contribution is -1.97. The lowest BCUT2D eigenvalue weighted by atomic mass is 9.93. The maximum absolute atomic E-state index is 5.59. The fraction of sp³-hybridized carbons (Fsp3) is 0. The highest BCUT2D eigenvalue weighted by Gasteiger charge is 2.20. The van der Waals surface area contributed by atoms with Crippen LogP contribution in [0.25, 0.3) is 109 Å². The van der Waals surface area contributed by atoms with E-state index in [0.717, 1.165) is 50.2 Å². The van der Waals surface area contributed by atoms with Crippen LogP contribution in [0.5, 0.6) is 0 Å². The highest BCUT2D eigenvalue weighted by molar-refractivity contribution is 7.26. The Morgan fingerprint density at radius 2 is 0.927 bits per heavy atom. The van der Waals surface area contributed by atoms with E-state index in [0.29, 0.717) is 5.82 Å². The zero-order valence-corrected chi connectivity index (χ0v) is 30.5. The second kappa shape index (κ2) is 12.8. The van der Waals surface area contributed by atoms with Crippen molar-refractivity contribution in [2.75, 3.05) is 0 Å². The van der Waals surface area contributed by atoms with Gasteiger partial charge in [0.25, 0.3) is 0 Å². The fourth-order valence-electron chi connectivity index (χ4n) is 7.99. The second-order valence-electron chi connectivity index (χ2n) is 14.0. The van der Waals surface area contributed by atoms with Crippen LogP contribution in [0.4, 0.5) is 0 Å². The molecule has 0 atom stereocenters. The zero-order chi connectivity index (χ0) is 36.3. The van der Waals surface area contributed by atoms with Gasteiger partial charge >= 0.3 is 0 Å². The molecule has 0 aliphatic rings. The van der Waals surface area contributed by atoms with Crippen molar-refractivity contribution in [3.63, 3.8) is 0 Å². The Hall–Kier alpha value is -7.01. The van der Waals surface area contributed by atoms with Gasteiger partial charge in [0.2, 0.25) is 0 Å². The summed E-state index contributed by atoms with van der Waals surface area (Å²) in [6.07, 6.45) is 0. The van der Waals surface area contributed by atoms with Gasteiger partial charge in [-0.2, -0.15) is 0 Å². The van der Waals surface area contributed by atoms with E-state index in [2.05, 4.69) is 176 Å². The van der Waals surface area contributed by atoms with Gasteiger partial charge in [-0.25, -0.2) is 15.0 Å². The van der Waals surface area contributed by atoms with Gasteiger partial charge in [0, 0.05) is 47.8 Å². The largest absolute Gasteiger partial charge is 0.247 e. The quantitative estimate of drug-likeness (QED) is 0.166. The molecule has 3 nitrogen and oxygen atoms in total. The molecule has 0 fully saturated rings. The average Bonchev–Trinajstić information content (AvgIpc) is 3.66. The number of aromatic nitrogens is 3. The first-order valence-electron chi connectivity index (χ1n) is 18.5. The molecule has 256 valence electrons. The van der Waals surface area contributed by atoms with E-state index in [1.165, 1.54) is 52.8 Å². The van der Waals surface area contributed by atoms with Gasteiger partial charge in [-0.1, -0.05) is 164 Å². The summed E-state index contributed by atoms with van der Waals surface area (Å²) in [5.74, 6) is 0.668. The summed E-state index contributed by atoms with van der Waals surface area (Å²) in [7, 11) is 0. The Morgan fingerprint density at radius 1 is 0.364 bits per heavy atom. The molecule has 0 saturated heterocycles. The Bertz CT molecular complexity index is 3240. The van der Waals surface area contributed by atoms with Gasteiger partial charge in [-0.05, 0) is 56.9 Å². The molecular formula is C51H31N3S. The van der Waals surface area contributed by atoms with E-state index in [9.17, 15) is 0 Å². The van der Waals surface area contributed by atoms with Gasteiger partial charge in [0.05, 0.1) is 22.6 Å². The summed E-state index contributed by atoms with van der Waals surface area (Å²) in [5, 5.41) is 8.44. The number of hydrogen-bond donors (Lipinski definition) is 0. The third kappa shape index (κ3) is 5.38. The zero-order valence-electron chi connectivity index (χ0n) is 29.6. The third-order valence-electron chi connectivity index (χ3n) is 10.7. The average molecular weight is 718 g/mol. The van der Waals surface area contributed by atoms with Gasteiger partial charge < -0.3 is 0 Å². The van der Waals surface area contributed by atoms with E-state index in [1.54, 1.807) is 0 Å². The molecular weight excluding hydrogens is 687 g/mol. The lowest BCUT2D eigenvalue weighted by molar-refractivity contribution is 1.18. The number of fused-ring (bicyclic) bond motifs is 8. The van der Waals surface area contributed by atoms with Crippen LogP contribution in [-0.2, 0) is 0 Å². The highest BCUT2D eigenvalue weighted by atomic mass is 32.1. The van der Waals surface area contributed by atoms with Crippen molar-refractivity contribution in [1.29, 1.82) is 0 Å². The maximum Gasteiger partial charge on any atom is 0.160 e. The van der Waals surface area contributed by atoms with Crippen LogP contribution in [0.15, 0.2) is 188 Å². The molecule has 0 saturated carbocycles. The van der Waals surface area contributed by atoms with Crippen molar-refractivity contribution in [3.05, 3.63) is 188 Å². The van der Waals surface area contributed by atoms with Gasteiger partial charge in [-0.3, -0.25) is 0 Å². The van der Waals surface area contributed by atoms with Crippen LogP contribution in [0.1, 0.15) is 0 Å². The van der Waals surface area contributed by atoms with E-state index < -0.39 is 0 Å². The van der Waals surface area contributed by atoms with Crippen LogP contribution in [-0.4, -0.2) is 15.0 Å². The number of nitrogens with zero attached hydrogens (tertiary/aromatic N) is 3. The Labute approximate surface area is 321 Å². The Balaban J connectivity index is 1.14. The molecule has 3 heterocycles. The molecule has 0 amide bonds. The minimum atomic E-state index is 0.668. The van der Waals surface area contributed by atoms with E-state index in [-0.39, 0.29) is 0 Å². The number of benzene rings is 8. The predicted molar refractivity (Wildman–Crippen MR) is 232 cm³/mol. The predicted octanol–water partition coefficient (Wildman–Crippen LogP) is 14.0. The fourth-order valence-corrected chi connectivity index (χ4v) is 9.23. The van der Waals surface area contributed by atoms with Crippen LogP contribution in [0.2, 0.25) is 0 Å². The van der Waals surface area contributed by atoms with Gasteiger partial charge in [0.15, 0.2) is 5.82 Å². The molecule has 8 aromatic carbocycles. The molecule has 0 N–H and O–H groups in total. The van der Waals surface area contributed by atoms with Crippen LogP contribution in [0, 0.1) is 0 Å². The van der Waals surface area contributed by atoms with Crippen LogP contribution >= 0.6 is 11.3 Å². The smallest absolute Gasteiger partial charge is 0.160 e. The number of rotatable bonds is 5. The molecule has 55 heavy (non-hydrogen) atoms. The summed E-state index contributed by atoms with van der Waals surface area (Å²) in [6, 6.07) is 66.5. The third-order valence-corrected chi connectivity index (χ3v) is 11.9. The molecule has 0 aliphatic heterocycles. The molecule has 0 radical (unpaired) electrons. The van der Waals surface area contributed by atoms with Gasteiger partial charge in [-0.15, -0.1) is 11.3 Å². The summed E-state index contributed by atoms with van der Waals surface area (Å²) in [4.78, 5) is 16.0. The lowest BCUT2D eigenvalue weighted by Gasteiger charge is -2.14. The van der Waals surface area contributed by atoms with Gasteiger partial charge in [0.1, 0.15) is 0 Å². The minimum absolute atomic E-state index is 0.668. The topological polar surface area (TPSA) is 38.7 Å². The Morgan fingerprint density at radius 3 is 1.69 bits per heavy atom. The SMILES string of the molecule is c1ccc(-c2ccc(-c3cc(-c4ccccc4)nc(-c4ccc5c(c4)nc(-c4cc6ccccc6c6ccccc46)c4c6ccccc6sc54)n3)cc2)cc1. The molecule has 0 unspecified atom stereocenters. The van der Waals surface area contributed by atoms with E-state index in [4.69, 9.17) is 15.0 Å². The monoisotopic (exact) mass is 717 g/mol. The minimum Gasteiger partial charge on any atom is -0.247 e. The summed E-state index contributed by atoms with van der Waals surface area (Å²) < 4.78 is 2.49. The first-order valence-corrected chi connectivity index (χ1v) is 19.3. The first kappa shape index (κ1) is 31.5. The summed E-state index contributed by atoms with van der Waals surface area (Å²) in [6.45, 7) is 0. The molecule has 0 spiro atoms. The van der Waals surface area contributed by atoms with Crippen molar-refractivity contribution in [2.45, 2.75) is 0 Å². The molecule has 0 bridgehead atoms. The van der Waals surface area contributed by atoms with Crippen molar-refractivity contribution in [1.82, 2.24) is 15.0 Å². The molecule has 4 heteroatoms. The van der Waals surface area contributed by atoms with Crippen molar-refractivity contribution in [3.8, 4) is 56.3 Å². The van der Waals surface area contributed by atoms with Crippen LogP contribution < -0.4 is 0 Å². The normalized spacial score (nSPS) is 11.6. The van der Waals surface area contributed by atoms with Crippen LogP contribution in [0.3, 0.4) is 0 Å². The second-order valence-corrected chi connectivity index (χ2v) is 15.0. The number of hydrogen-bond acceptors (Lipinski definition) is 4. The molecule has 0 aliphatic carbocycles. The summed E-state index contributed by atoms with van der Waals surface area (Å²) >= 11 is 1.84. The van der Waals surface area contributed by atoms with Crippen molar-refractivity contribution < 1.29 is 0 Å². The maximum atomic E-state index is 5.59. The Kier molecular flexibility index (Phi) is 7.35. The molecule has 11 rings (SSSR count). The van der Waals surface area contributed by atoms with Crippen molar-refractivity contribution >= 4 is 64.0 Å². The summed E-state index contributed by atoms with van der Waals surface area (Å²) in [5.41, 5.74) is 10.2. The molecule has 11 aromatic rings. The first-order chi connectivity index (χ1) is 27.2. The number of pyridine rings is 1.